The lowest BCUT2D eigenvalue weighted by molar-refractivity contribution is -0.150. The van der Waals surface area contributed by atoms with Crippen LogP contribution in [0.1, 0.15) is 59.3 Å². The number of hydrazine groups is 1. The molecule has 0 radical (unpaired) electrons. The normalized spacial score (nSPS) is 19.1. The van der Waals surface area contributed by atoms with E-state index in [0.29, 0.717) is 5.01 Å². The number of ketones is 1. The number of rotatable bonds is 6. The van der Waals surface area contributed by atoms with Crippen LogP contribution in [0.5, 0.6) is 0 Å². The van der Waals surface area contributed by atoms with Crippen LogP contribution in [0.3, 0.4) is 0 Å². The van der Waals surface area contributed by atoms with Gasteiger partial charge in [-0.2, -0.15) is 5.01 Å². The first kappa shape index (κ1) is 20.8. The Hall–Kier alpha value is -2.51. The Bertz CT molecular complexity index is 653. The Labute approximate surface area is 158 Å². The third-order valence-electron chi connectivity index (χ3n) is 4.67. The van der Waals surface area contributed by atoms with Crippen molar-refractivity contribution >= 4 is 29.4 Å². The highest BCUT2D eigenvalue weighted by Gasteiger charge is 2.35. The average molecular weight is 377 g/mol. The number of amides is 4. The molecule has 1 aliphatic carbocycles. The lowest BCUT2D eigenvalue weighted by atomic mass is 9.85. The van der Waals surface area contributed by atoms with Crippen molar-refractivity contribution in [1.29, 1.82) is 0 Å². The van der Waals surface area contributed by atoms with E-state index >= 15 is 0 Å². The molecule has 0 aromatic rings. The number of hydrogen-bond donors (Lipinski definition) is 2. The molecule has 27 heavy (non-hydrogen) atoms. The Morgan fingerprint density at radius 2 is 1.63 bits per heavy atom. The summed E-state index contributed by atoms with van der Waals surface area (Å²) < 4.78 is 0. The fourth-order valence-corrected chi connectivity index (χ4v) is 3.30. The van der Waals surface area contributed by atoms with Crippen LogP contribution < -0.4 is 10.7 Å². The predicted molar refractivity (Wildman–Crippen MR) is 96.7 cm³/mol. The molecule has 0 saturated heterocycles. The van der Waals surface area contributed by atoms with Gasteiger partial charge in [0.1, 0.15) is 0 Å². The van der Waals surface area contributed by atoms with Crippen molar-refractivity contribution in [1.82, 2.24) is 15.8 Å². The van der Waals surface area contributed by atoms with Gasteiger partial charge in [0.05, 0.1) is 6.04 Å². The minimum absolute atomic E-state index is 0.150. The standard InChI is InChI=1S/C19H27N3O5/c1-19(2,3)11-13(20-17(26)12-7-5-4-6-8-12)16(25)18(27)21-22-14(23)9-10-15(22)24/h9-10,12-13H,4-8,11H2,1-3H3,(H,20,26)(H,21,27). The minimum Gasteiger partial charge on any atom is -0.345 e. The van der Waals surface area contributed by atoms with Crippen LogP contribution >= 0.6 is 0 Å². The van der Waals surface area contributed by atoms with Crippen LogP contribution in [0.2, 0.25) is 0 Å². The molecule has 1 heterocycles. The van der Waals surface area contributed by atoms with Crippen molar-refractivity contribution in [2.24, 2.45) is 11.3 Å². The molecule has 1 fully saturated rings. The summed E-state index contributed by atoms with van der Waals surface area (Å²) in [5.74, 6) is -3.79. The van der Waals surface area contributed by atoms with Crippen LogP contribution in [-0.2, 0) is 24.0 Å². The molecule has 0 spiro atoms. The van der Waals surface area contributed by atoms with Crippen molar-refractivity contribution < 1.29 is 24.0 Å². The second-order valence-corrected chi connectivity index (χ2v) is 8.31. The molecule has 2 rings (SSSR count). The lowest BCUT2D eigenvalue weighted by Gasteiger charge is -2.28. The van der Waals surface area contributed by atoms with E-state index in [0.717, 1.165) is 44.3 Å². The van der Waals surface area contributed by atoms with Gasteiger partial charge < -0.3 is 5.32 Å². The molecule has 2 aliphatic rings. The zero-order valence-electron chi connectivity index (χ0n) is 16.0. The topological polar surface area (TPSA) is 113 Å². The van der Waals surface area contributed by atoms with Gasteiger partial charge in [-0.3, -0.25) is 29.4 Å². The Morgan fingerprint density at radius 3 is 2.15 bits per heavy atom. The zero-order valence-corrected chi connectivity index (χ0v) is 16.0. The molecule has 1 aliphatic heterocycles. The van der Waals surface area contributed by atoms with E-state index in [2.05, 4.69) is 5.32 Å². The van der Waals surface area contributed by atoms with Crippen molar-refractivity contribution in [3.8, 4) is 0 Å². The van der Waals surface area contributed by atoms with Crippen LogP contribution in [0, 0.1) is 11.3 Å². The van der Waals surface area contributed by atoms with E-state index in [-0.39, 0.29) is 23.7 Å². The van der Waals surface area contributed by atoms with E-state index in [1.807, 2.05) is 26.2 Å². The molecular weight excluding hydrogens is 350 g/mol. The van der Waals surface area contributed by atoms with Gasteiger partial charge >= 0.3 is 5.91 Å². The van der Waals surface area contributed by atoms with Crippen molar-refractivity contribution in [3.05, 3.63) is 12.2 Å². The Balaban J connectivity index is 2.06. The SMILES string of the molecule is CC(C)(C)CC(NC(=O)C1CCCCC1)C(=O)C(=O)NN1C(=O)C=CC1=O. The minimum atomic E-state index is -1.10. The Morgan fingerprint density at radius 1 is 1.07 bits per heavy atom. The summed E-state index contributed by atoms with van der Waals surface area (Å²) >= 11 is 0. The maximum Gasteiger partial charge on any atom is 0.308 e. The molecule has 8 nitrogen and oxygen atoms in total. The van der Waals surface area contributed by atoms with E-state index in [1.165, 1.54) is 0 Å². The number of Topliss-reactive ketones (excluding diaryl/α,β-unsaturated/α-hetero) is 1. The summed E-state index contributed by atoms with van der Waals surface area (Å²) in [5, 5.41) is 3.20. The molecule has 4 amide bonds. The second kappa shape index (κ2) is 8.45. The molecule has 1 saturated carbocycles. The van der Waals surface area contributed by atoms with Gasteiger partial charge in [0, 0.05) is 18.1 Å². The van der Waals surface area contributed by atoms with Crippen molar-refractivity contribution in [3.63, 3.8) is 0 Å². The summed E-state index contributed by atoms with van der Waals surface area (Å²) in [4.78, 5) is 60.6. The van der Waals surface area contributed by atoms with Gasteiger partial charge in [-0.15, -0.1) is 0 Å². The van der Waals surface area contributed by atoms with Crippen LogP contribution in [0.25, 0.3) is 0 Å². The smallest absolute Gasteiger partial charge is 0.308 e. The summed E-state index contributed by atoms with van der Waals surface area (Å²) in [6.07, 6.45) is 6.87. The van der Waals surface area contributed by atoms with Crippen molar-refractivity contribution in [2.45, 2.75) is 65.3 Å². The second-order valence-electron chi connectivity index (χ2n) is 8.31. The average Bonchev–Trinajstić information content (AvgIpc) is 2.92. The first-order chi connectivity index (χ1) is 12.6. The highest BCUT2D eigenvalue weighted by molar-refractivity contribution is 6.39. The molecule has 0 bridgehead atoms. The Kier molecular flexibility index (Phi) is 6.51. The molecule has 8 heteroatoms. The van der Waals surface area contributed by atoms with Gasteiger partial charge in [0.2, 0.25) is 11.7 Å². The zero-order chi connectivity index (χ0) is 20.2. The number of carbonyl (C=O) groups is 5. The predicted octanol–water partition coefficient (Wildman–Crippen LogP) is 1.01. The quantitative estimate of drug-likeness (QED) is 0.530. The molecule has 1 atom stereocenters. The van der Waals surface area contributed by atoms with Gasteiger partial charge in [-0.25, -0.2) is 0 Å². The largest absolute Gasteiger partial charge is 0.345 e. The lowest BCUT2D eigenvalue weighted by Crippen LogP contribution is -2.55. The highest BCUT2D eigenvalue weighted by Crippen LogP contribution is 2.25. The number of nitrogens with zero attached hydrogens (tertiary/aromatic N) is 1. The van der Waals surface area contributed by atoms with Crippen LogP contribution in [-0.4, -0.2) is 40.5 Å². The fraction of sp³-hybridized carbons (Fsp3) is 0.632. The molecule has 1 unspecified atom stereocenters. The third-order valence-corrected chi connectivity index (χ3v) is 4.67. The van der Waals surface area contributed by atoms with Gasteiger partial charge in [0.15, 0.2) is 0 Å². The van der Waals surface area contributed by atoms with E-state index < -0.39 is 29.5 Å². The summed E-state index contributed by atoms with van der Waals surface area (Å²) in [7, 11) is 0. The molecule has 2 N–H and O–H groups in total. The first-order valence-electron chi connectivity index (χ1n) is 9.30. The number of hydrogen-bond acceptors (Lipinski definition) is 5. The molecule has 148 valence electrons. The number of nitrogens with one attached hydrogen (secondary N) is 2. The fourth-order valence-electron chi connectivity index (χ4n) is 3.30. The summed E-state index contributed by atoms with van der Waals surface area (Å²) in [6, 6.07) is -1.01. The molecule has 0 aromatic heterocycles. The van der Waals surface area contributed by atoms with Gasteiger partial charge in [-0.1, -0.05) is 40.0 Å². The highest BCUT2D eigenvalue weighted by atomic mass is 16.2. The van der Waals surface area contributed by atoms with Gasteiger partial charge in [-0.05, 0) is 24.7 Å². The maximum absolute atomic E-state index is 12.6. The summed E-state index contributed by atoms with van der Waals surface area (Å²) in [6.45, 7) is 5.69. The van der Waals surface area contributed by atoms with E-state index in [4.69, 9.17) is 0 Å². The monoisotopic (exact) mass is 377 g/mol. The number of carbonyl (C=O) groups excluding carboxylic acids is 5. The first-order valence-corrected chi connectivity index (χ1v) is 9.30. The van der Waals surface area contributed by atoms with Crippen LogP contribution in [0.4, 0.5) is 0 Å². The summed E-state index contributed by atoms with van der Waals surface area (Å²) in [5.41, 5.74) is 1.71. The van der Waals surface area contributed by atoms with Gasteiger partial charge in [0.25, 0.3) is 11.8 Å². The molecular formula is C19H27N3O5. The third kappa shape index (κ3) is 5.74. The van der Waals surface area contributed by atoms with E-state index in [1.54, 1.807) is 0 Å². The van der Waals surface area contributed by atoms with E-state index in [9.17, 15) is 24.0 Å². The number of imide groups is 1. The molecule has 0 aromatic carbocycles. The van der Waals surface area contributed by atoms with Crippen LogP contribution in [0.15, 0.2) is 12.2 Å². The van der Waals surface area contributed by atoms with Crippen molar-refractivity contribution in [2.75, 3.05) is 0 Å². The maximum atomic E-state index is 12.6.